The summed E-state index contributed by atoms with van der Waals surface area (Å²) in [6.45, 7) is 8.61. The summed E-state index contributed by atoms with van der Waals surface area (Å²) in [4.78, 5) is 27.6. The van der Waals surface area contributed by atoms with Crippen LogP contribution in [0.2, 0.25) is 0 Å². The van der Waals surface area contributed by atoms with Crippen molar-refractivity contribution in [3.05, 3.63) is 47.8 Å². The number of nitrogens with one attached hydrogen (secondary N) is 1. The Bertz CT molecular complexity index is 1030. The van der Waals surface area contributed by atoms with E-state index in [1.165, 1.54) is 14.0 Å². The van der Waals surface area contributed by atoms with Crippen LogP contribution in [-0.4, -0.2) is 86.7 Å². The van der Waals surface area contributed by atoms with Crippen molar-refractivity contribution in [3.63, 3.8) is 0 Å². The highest BCUT2D eigenvalue weighted by atomic mass is 16.6. The van der Waals surface area contributed by atoms with E-state index in [0.717, 1.165) is 5.57 Å². The molecule has 0 saturated carbocycles. The van der Waals surface area contributed by atoms with Crippen LogP contribution in [0, 0.1) is 23.7 Å². The summed E-state index contributed by atoms with van der Waals surface area (Å²) in [5.41, 5.74) is 0.0811. The molecule has 218 valence electrons. The predicted octanol–water partition coefficient (Wildman–Crippen LogP) is 2.70. The topological polar surface area (TPSA) is 159 Å². The van der Waals surface area contributed by atoms with E-state index < -0.39 is 71.9 Å². The van der Waals surface area contributed by atoms with Crippen molar-refractivity contribution in [2.75, 3.05) is 7.11 Å². The molecule has 11 atom stereocenters. The van der Waals surface area contributed by atoms with E-state index in [2.05, 4.69) is 4.98 Å². The standard InChI is InChI=1S/C29H43NO9/c1-15(24(33)19(5)32)12-16(2)29-14-20(9-10-21(29)13-23(37-6)27(34)35)26(39-29)25(17(3)18(4)31)38-28(36)22-8-7-11-30-22/h7-12,15,17-21,23-26,30-33H,13-14H2,1-6H3,(H,34,35)/b16-12+/t15-,17-,18+,19-,20-,21-,23+,24+,25-,26-,29+/m1/s1. The minimum Gasteiger partial charge on any atom is -0.479 e. The van der Waals surface area contributed by atoms with Crippen LogP contribution >= 0.6 is 0 Å². The predicted molar refractivity (Wildman–Crippen MR) is 143 cm³/mol. The van der Waals surface area contributed by atoms with Gasteiger partial charge in [-0.1, -0.05) is 32.1 Å². The molecule has 5 N–H and O–H groups in total. The van der Waals surface area contributed by atoms with Crippen LogP contribution in [0.25, 0.3) is 0 Å². The molecule has 2 aliphatic rings. The summed E-state index contributed by atoms with van der Waals surface area (Å²) in [6, 6.07) is 3.30. The first kappa shape index (κ1) is 31.0. The van der Waals surface area contributed by atoms with Gasteiger partial charge < -0.3 is 39.6 Å². The van der Waals surface area contributed by atoms with E-state index >= 15 is 0 Å². The van der Waals surface area contributed by atoms with Gasteiger partial charge >= 0.3 is 11.9 Å². The number of esters is 1. The van der Waals surface area contributed by atoms with E-state index in [9.17, 15) is 30.0 Å². The van der Waals surface area contributed by atoms with Gasteiger partial charge in [0, 0.05) is 37.0 Å². The Morgan fingerprint density at radius 2 is 1.87 bits per heavy atom. The Balaban J connectivity index is 2.02. The van der Waals surface area contributed by atoms with Gasteiger partial charge in [0.05, 0.1) is 23.9 Å². The fourth-order valence-electron chi connectivity index (χ4n) is 5.81. The van der Waals surface area contributed by atoms with Crippen LogP contribution in [0.5, 0.6) is 0 Å². The summed E-state index contributed by atoms with van der Waals surface area (Å²) in [5, 5.41) is 40.6. The number of aliphatic hydroxyl groups excluding tert-OH is 3. The maximum atomic E-state index is 13.0. The van der Waals surface area contributed by atoms with Gasteiger partial charge in [-0.2, -0.15) is 0 Å². The van der Waals surface area contributed by atoms with Crippen LogP contribution in [0.15, 0.2) is 42.1 Å². The normalized spacial score (nSPS) is 30.2. The SMILES string of the molecule is CO[C@@H](C[C@H]1C=C[C@@H]2C[C@@]1(/C(C)=C/[C@@H](C)[C@H](O)[C@@H](C)O)O[C@H]2[C@H](OC(=O)c1ccc[nH]1)[C@H](C)[C@H](C)O)C(=O)O. The molecule has 10 nitrogen and oxygen atoms in total. The second-order valence-electron chi connectivity index (χ2n) is 11.1. The molecular formula is C29H43NO9. The van der Waals surface area contributed by atoms with Gasteiger partial charge in [-0.25, -0.2) is 9.59 Å². The first-order chi connectivity index (χ1) is 18.3. The number of ether oxygens (including phenoxy) is 3. The smallest absolute Gasteiger partial charge is 0.355 e. The van der Waals surface area contributed by atoms with Gasteiger partial charge in [0.2, 0.25) is 0 Å². The number of aliphatic carboxylic acids is 1. The molecule has 2 bridgehead atoms. The lowest BCUT2D eigenvalue weighted by Crippen LogP contribution is -2.46. The lowest BCUT2D eigenvalue weighted by atomic mass is 9.69. The summed E-state index contributed by atoms with van der Waals surface area (Å²) in [6.07, 6.45) is 2.77. The van der Waals surface area contributed by atoms with Gasteiger partial charge in [0.25, 0.3) is 0 Å². The minimum atomic E-state index is -1.09. The molecule has 1 aliphatic carbocycles. The third kappa shape index (κ3) is 6.63. The van der Waals surface area contributed by atoms with Gasteiger partial charge in [-0.05, 0) is 51.3 Å². The number of hydrogen-bond donors (Lipinski definition) is 5. The molecule has 0 aromatic carbocycles. The Hall–Kier alpha value is -2.50. The number of H-pyrrole nitrogens is 1. The second kappa shape index (κ2) is 12.8. The molecule has 1 saturated heterocycles. The molecule has 0 radical (unpaired) electrons. The number of aliphatic hydroxyl groups is 3. The zero-order valence-electron chi connectivity index (χ0n) is 23.5. The minimum absolute atomic E-state index is 0.138. The molecule has 1 aromatic rings. The van der Waals surface area contributed by atoms with E-state index in [0.29, 0.717) is 6.42 Å². The quantitative estimate of drug-likeness (QED) is 0.184. The molecular weight excluding hydrogens is 506 g/mol. The number of carbonyl (C=O) groups is 2. The van der Waals surface area contributed by atoms with Crippen LogP contribution in [0.1, 0.15) is 57.9 Å². The first-order valence-electron chi connectivity index (χ1n) is 13.5. The van der Waals surface area contributed by atoms with Crippen molar-refractivity contribution in [2.24, 2.45) is 23.7 Å². The lowest BCUT2D eigenvalue weighted by molar-refractivity contribution is -0.152. The van der Waals surface area contributed by atoms with Crippen molar-refractivity contribution in [1.82, 2.24) is 4.98 Å². The number of aromatic amines is 1. The number of methoxy groups -OCH3 is 1. The number of hydrogen-bond acceptors (Lipinski definition) is 8. The Kier molecular flexibility index (Phi) is 10.2. The molecule has 39 heavy (non-hydrogen) atoms. The van der Waals surface area contributed by atoms with E-state index in [1.54, 1.807) is 39.1 Å². The second-order valence-corrected chi connectivity index (χ2v) is 11.1. The van der Waals surface area contributed by atoms with E-state index in [-0.39, 0.29) is 18.0 Å². The largest absolute Gasteiger partial charge is 0.479 e. The molecule has 3 rings (SSSR count). The van der Waals surface area contributed by atoms with Crippen LogP contribution in [-0.2, 0) is 19.0 Å². The summed E-state index contributed by atoms with van der Waals surface area (Å²) in [5.74, 6) is -3.12. The zero-order chi connectivity index (χ0) is 29.1. The van der Waals surface area contributed by atoms with Crippen molar-refractivity contribution in [2.45, 2.75) is 89.7 Å². The Morgan fingerprint density at radius 3 is 2.41 bits per heavy atom. The number of fused-ring (bicyclic) bond motifs is 2. The number of carboxylic acids is 1. The number of aromatic nitrogens is 1. The van der Waals surface area contributed by atoms with Crippen LogP contribution < -0.4 is 0 Å². The van der Waals surface area contributed by atoms with Crippen molar-refractivity contribution in [1.29, 1.82) is 0 Å². The highest BCUT2D eigenvalue weighted by Gasteiger charge is 2.57. The fraction of sp³-hybridized carbons (Fsp3) is 0.655. The number of rotatable bonds is 13. The highest BCUT2D eigenvalue weighted by Crippen LogP contribution is 2.53. The first-order valence-corrected chi connectivity index (χ1v) is 13.5. The maximum Gasteiger partial charge on any atom is 0.355 e. The molecule has 0 spiro atoms. The van der Waals surface area contributed by atoms with E-state index in [4.69, 9.17) is 14.2 Å². The fourth-order valence-corrected chi connectivity index (χ4v) is 5.81. The molecule has 1 fully saturated rings. The molecule has 0 unspecified atom stereocenters. The highest BCUT2D eigenvalue weighted by molar-refractivity contribution is 5.87. The third-order valence-corrected chi connectivity index (χ3v) is 8.40. The summed E-state index contributed by atoms with van der Waals surface area (Å²) in [7, 11) is 1.35. The van der Waals surface area contributed by atoms with Gasteiger partial charge in [0.15, 0.2) is 6.10 Å². The molecule has 2 heterocycles. The van der Waals surface area contributed by atoms with Crippen molar-refractivity contribution in [3.8, 4) is 0 Å². The monoisotopic (exact) mass is 549 g/mol. The average molecular weight is 550 g/mol. The average Bonchev–Trinajstić information content (AvgIpc) is 3.53. The molecule has 1 aliphatic heterocycles. The third-order valence-electron chi connectivity index (χ3n) is 8.40. The number of carboxylic acid groups (broad SMARTS) is 1. The van der Waals surface area contributed by atoms with Gasteiger partial charge in [-0.15, -0.1) is 0 Å². The Morgan fingerprint density at radius 1 is 1.18 bits per heavy atom. The molecule has 0 amide bonds. The van der Waals surface area contributed by atoms with Crippen LogP contribution in [0.4, 0.5) is 0 Å². The van der Waals surface area contributed by atoms with Crippen molar-refractivity contribution < 1.29 is 44.2 Å². The molecule has 10 heteroatoms. The van der Waals surface area contributed by atoms with Gasteiger partial charge in [0.1, 0.15) is 17.9 Å². The zero-order valence-corrected chi connectivity index (χ0v) is 23.5. The molecule has 1 aromatic heterocycles. The van der Waals surface area contributed by atoms with E-state index in [1.807, 2.05) is 25.2 Å². The maximum absolute atomic E-state index is 13.0. The van der Waals surface area contributed by atoms with Gasteiger partial charge in [-0.3, -0.25) is 0 Å². The number of carbonyl (C=O) groups excluding carboxylic acids is 1. The summed E-state index contributed by atoms with van der Waals surface area (Å²) >= 11 is 0. The van der Waals surface area contributed by atoms with Crippen molar-refractivity contribution >= 4 is 11.9 Å². The lowest BCUT2D eigenvalue weighted by Gasteiger charge is -2.40. The Labute approximate surface area is 229 Å². The summed E-state index contributed by atoms with van der Waals surface area (Å²) < 4.78 is 18.1. The van der Waals surface area contributed by atoms with Crippen LogP contribution in [0.3, 0.4) is 0 Å².